The van der Waals surface area contributed by atoms with E-state index in [0.717, 1.165) is 0 Å². The summed E-state index contributed by atoms with van der Waals surface area (Å²) in [5.41, 5.74) is 0. The Morgan fingerprint density at radius 1 is 1.35 bits per heavy atom. The second kappa shape index (κ2) is 7.84. The van der Waals surface area contributed by atoms with Crippen molar-refractivity contribution in [3.05, 3.63) is 0 Å². The van der Waals surface area contributed by atoms with Crippen molar-refractivity contribution in [2.75, 3.05) is 19.7 Å². The van der Waals surface area contributed by atoms with Gasteiger partial charge in [-0.05, 0) is 20.3 Å². The lowest BCUT2D eigenvalue weighted by Gasteiger charge is -2.30. The zero-order valence-electron chi connectivity index (χ0n) is 11.9. The van der Waals surface area contributed by atoms with E-state index in [0.29, 0.717) is 19.4 Å². The number of hydrogen-bond acceptors (Lipinski definition) is 4. The molecule has 1 rings (SSSR count). The van der Waals surface area contributed by atoms with Crippen molar-refractivity contribution in [3.63, 3.8) is 0 Å². The molecule has 0 bridgehead atoms. The van der Waals surface area contributed by atoms with Crippen LogP contribution < -0.4 is 5.32 Å². The van der Waals surface area contributed by atoms with E-state index in [2.05, 4.69) is 5.32 Å². The third kappa shape index (κ3) is 5.56. The largest absolute Gasteiger partial charge is 0.479 e. The van der Waals surface area contributed by atoms with Crippen molar-refractivity contribution in [1.29, 1.82) is 0 Å². The normalized spacial score (nSPS) is 18.9. The van der Waals surface area contributed by atoms with Gasteiger partial charge in [0.2, 0.25) is 11.8 Å². The zero-order valence-corrected chi connectivity index (χ0v) is 11.9. The number of carbonyl (C=O) groups excluding carboxylic acids is 2. The number of nitrogens with one attached hydrogen (secondary N) is 1. The molecular formula is C13H22N2O5. The summed E-state index contributed by atoms with van der Waals surface area (Å²) < 4.78 is 5.05. The van der Waals surface area contributed by atoms with Crippen LogP contribution in [0.5, 0.6) is 0 Å². The first-order valence-electron chi connectivity index (χ1n) is 6.81. The molecule has 114 valence electrons. The topological polar surface area (TPSA) is 95.9 Å². The maximum Gasteiger partial charge on any atom is 0.334 e. The number of carboxylic acid groups (broad SMARTS) is 1. The minimum absolute atomic E-state index is 0.0711. The average molecular weight is 286 g/mol. The summed E-state index contributed by atoms with van der Waals surface area (Å²) >= 11 is 0. The molecule has 7 nitrogen and oxygen atoms in total. The van der Waals surface area contributed by atoms with Gasteiger partial charge in [-0.2, -0.15) is 0 Å². The first-order valence-corrected chi connectivity index (χ1v) is 6.81. The minimum atomic E-state index is -1.06. The monoisotopic (exact) mass is 286 g/mol. The first-order chi connectivity index (χ1) is 9.40. The van der Waals surface area contributed by atoms with Gasteiger partial charge in [-0.1, -0.05) is 0 Å². The summed E-state index contributed by atoms with van der Waals surface area (Å²) in [6.45, 7) is 4.47. The Morgan fingerprint density at radius 2 is 2.05 bits per heavy atom. The number of hydrogen-bond donors (Lipinski definition) is 2. The number of carboxylic acids is 1. The second-order valence-electron chi connectivity index (χ2n) is 5.11. The van der Waals surface area contributed by atoms with Gasteiger partial charge in [-0.3, -0.25) is 9.59 Å². The predicted molar refractivity (Wildman–Crippen MR) is 71.1 cm³/mol. The van der Waals surface area contributed by atoms with Crippen molar-refractivity contribution in [1.82, 2.24) is 10.2 Å². The quantitative estimate of drug-likeness (QED) is 0.716. The Hall–Kier alpha value is -1.63. The molecule has 1 atom stereocenters. The van der Waals surface area contributed by atoms with Gasteiger partial charge >= 0.3 is 5.97 Å². The number of morpholine rings is 1. The Balaban J connectivity index is 2.28. The van der Waals surface area contributed by atoms with E-state index in [9.17, 15) is 14.4 Å². The van der Waals surface area contributed by atoms with E-state index in [1.807, 2.05) is 13.8 Å². The third-order valence-corrected chi connectivity index (χ3v) is 2.94. The highest BCUT2D eigenvalue weighted by Gasteiger charge is 2.28. The van der Waals surface area contributed by atoms with Gasteiger partial charge in [0.05, 0.1) is 13.2 Å². The number of amides is 2. The van der Waals surface area contributed by atoms with Crippen molar-refractivity contribution in [2.45, 2.75) is 45.3 Å². The lowest BCUT2D eigenvalue weighted by molar-refractivity contribution is -0.159. The van der Waals surface area contributed by atoms with E-state index < -0.39 is 12.1 Å². The van der Waals surface area contributed by atoms with Gasteiger partial charge in [-0.25, -0.2) is 4.79 Å². The molecular weight excluding hydrogens is 264 g/mol. The van der Waals surface area contributed by atoms with Crippen LogP contribution in [0.3, 0.4) is 0 Å². The molecule has 0 spiro atoms. The molecule has 2 amide bonds. The van der Waals surface area contributed by atoms with Crippen molar-refractivity contribution in [3.8, 4) is 0 Å². The number of carbonyl (C=O) groups is 3. The fourth-order valence-corrected chi connectivity index (χ4v) is 1.98. The number of rotatable bonds is 6. The van der Waals surface area contributed by atoms with Crippen LogP contribution in [0.15, 0.2) is 0 Å². The molecule has 1 aliphatic rings. The van der Waals surface area contributed by atoms with Gasteiger partial charge in [0.1, 0.15) is 0 Å². The number of ether oxygens (including phenoxy) is 1. The summed E-state index contributed by atoms with van der Waals surface area (Å²) in [7, 11) is 0. The van der Waals surface area contributed by atoms with Gasteiger partial charge in [0.15, 0.2) is 6.10 Å². The molecule has 0 radical (unpaired) electrons. The highest BCUT2D eigenvalue weighted by molar-refractivity contribution is 5.80. The maximum absolute atomic E-state index is 11.9. The predicted octanol–water partition coefficient (Wildman–Crippen LogP) is -0.00670. The average Bonchev–Trinajstić information content (AvgIpc) is 2.37. The Bertz CT molecular complexity index is 370. The highest BCUT2D eigenvalue weighted by atomic mass is 16.5. The second-order valence-corrected chi connectivity index (χ2v) is 5.11. The Morgan fingerprint density at radius 3 is 2.65 bits per heavy atom. The van der Waals surface area contributed by atoms with Crippen LogP contribution in [0.2, 0.25) is 0 Å². The molecule has 2 N–H and O–H groups in total. The lowest BCUT2D eigenvalue weighted by Crippen LogP contribution is -2.48. The molecule has 1 saturated heterocycles. The minimum Gasteiger partial charge on any atom is -0.479 e. The number of aliphatic carboxylic acids is 1. The zero-order chi connectivity index (χ0) is 15.1. The SMILES string of the molecule is CC(C)NC(=O)CCCC(=O)N1CCOC(C(=O)O)C1. The standard InChI is InChI=1S/C13H22N2O5/c1-9(2)14-11(16)4-3-5-12(17)15-6-7-20-10(8-15)13(18)19/h9-10H,3-8H2,1-2H3,(H,14,16)(H,18,19). The summed E-state index contributed by atoms with van der Waals surface area (Å²) in [5.74, 6) is -1.26. The van der Waals surface area contributed by atoms with Crippen LogP contribution in [0.25, 0.3) is 0 Å². The van der Waals surface area contributed by atoms with Crippen LogP contribution in [0.1, 0.15) is 33.1 Å². The maximum atomic E-state index is 11.9. The van der Waals surface area contributed by atoms with Crippen molar-refractivity contribution >= 4 is 17.8 Å². The lowest BCUT2D eigenvalue weighted by atomic mass is 10.2. The summed E-state index contributed by atoms with van der Waals surface area (Å²) in [6.07, 6.45) is 0.0676. The van der Waals surface area contributed by atoms with Crippen LogP contribution >= 0.6 is 0 Å². The van der Waals surface area contributed by atoms with Crippen LogP contribution in [0.4, 0.5) is 0 Å². The molecule has 7 heteroatoms. The molecule has 0 aromatic rings. The van der Waals surface area contributed by atoms with E-state index in [1.54, 1.807) is 0 Å². The van der Waals surface area contributed by atoms with Crippen LogP contribution in [-0.2, 0) is 19.1 Å². The molecule has 0 saturated carbocycles. The van der Waals surface area contributed by atoms with E-state index in [4.69, 9.17) is 9.84 Å². The summed E-state index contributed by atoms with van der Waals surface area (Å²) in [4.78, 5) is 35.6. The third-order valence-electron chi connectivity index (χ3n) is 2.94. The molecule has 1 aliphatic heterocycles. The smallest absolute Gasteiger partial charge is 0.334 e. The summed E-state index contributed by atoms with van der Waals surface area (Å²) in [5, 5.41) is 11.6. The molecule has 0 aromatic carbocycles. The molecule has 0 aliphatic carbocycles. The number of nitrogens with zero attached hydrogens (tertiary/aromatic N) is 1. The molecule has 0 aromatic heterocycles. The van der Waals surface area contributed by atoms with Crippen LogP contribution in [0, 0.1) is 0 Å². The highest BCUT2D eigenvalue weighted by Crippen LogP contribution is 2.09. The fraction of sp³-hybridized carbons (Fsp3) is 0.769. The van der Waals surface area contributed by atoms with Crippen molar-refractivity contribution < 1.29 is 24.2 Å². The van der Waals surface area contributed by atoms with Crippen molar-refractivity contribution in [2.24, 2.45) is 0 Å². The molecule has 1 unspecified atom stereocenters. The molecule has 20 heavy (non-hydrogen) atoms. The van der Waals surface area contributed by atoms with Gasteiger partial charge in [-0.15, -0.1) is 0 Å². The van der Waals surface area contributed by atoms with E-state index in [-0.39, 0.29) is 37.4 Å². The summed E-state index contributed by atoms with van der Waals surface area (Å²) in [6, 6.07) is 0.0915. The van der Waals surface area contributed by atoms with E-state index >= 15 is 0 Å². The Labute approximate surface area is 118 Å². The van der Waals surface area contributed by atoms with E-state index in [1.165, 1.54) is 4.90 Å². The molecule has 1 fully saturated rings. The molecule has 1 heterocycles. The van der Waals surface area contributed by atoms with Gasteiger partial charge in [0, 0.05) is 25.4 Å². The van der Waals surface area contributed by atoms with Gasteiger partial charge < -0.3 is 20.1 Å². The fourth-order valence-electron chi connectivity index (χ4n) is 1.98. The first kappa shape index (κ1) is 16.4. The Kier molecular flexibility index (Phi) is 6.44. The van der Waals surface area contributed by atoms with Gasteiger partial charge in [0.25, 0.3) is 0 Å². The van der Waals surface area contributed by atoms with Crippen LogP contribution in [-0.4, -0.2) is 59.6 Å².